The molecule has 4 nitrogen and oxygen atoms in total. The number of nitrogens with zero attached hydrogens (tertiary/aromatic N) is 1. The summed E-state index contributed by atoms with van der Waals surface area (Å²) in [5.41, 5.74) is 4.33. The largest absolute Gasteiger partial charge is 0.497 e. The number of aromatic amines is 1. The number of hydrogen-bond donors (Lipinski definition) is 1. The molecule has 0 atom stereocenters. The van der Waals surface area contributed by atoms with Gasteiger partial charge < -0.3 is 14.6 Å². The van der Waals surface area contributed by atoms with E-state index in [0.717, 1.165) is 40.9 Å². The molecule has 0 saturated carbocycles. The summed E-state index contributed by atoms with van der Waals surface area (Å²) in [7, 11) is 1.65. The van der Waals surface area contributed by atoms with Crippen LogP contribution in [0.4, 0.5) is 5.69 Å². The van der Waals surface area contributed by atoms with Gasteiger partial charge in [-0.05, 0) is 35.7 Å². The average Bonchev–Trinajstić information content (AvgIpc) is 3.18. The molecule has 1 amide bonds. The first-order valence-corrected chi connectivity index (χ1v) is 7.78. The summed E-state index contributed by atoms with van der Waals surface area (Å²) in [5.74, 6) is 0.956. The van der Waals surface area contributed by atoms with Gasteiger partial charge in [0.2, 0.25) is 5.91 Å². The van der Waals surface area contributed by atoms with Crippen LogP contribution < -0.4 is 9.64 Å². The normalized spacial score (nSPS) is 13.3. The van der Waals surface area contributed by atoms with Crippen LogP contribution in [0.15, 0.2) is 48.7 Å². The SMILES string of the molecule is COc1ccc2c(CC(=O)N3CCc4ccccc43)c[nH]c2c1. The molecule has 1 aliphatic heterocycles. The fourth-order valence-corrected chi connectivity index (χ4v) is 3.29. The van der Waals surface area contributed by atoms with E-state index >= 15 is 0 Å². The Morgan fingerprint density at radius 2 is 2.13 bits per heavy atom. The maximum absolute atomic E-state index is 12.7. The zero-order valence-electron chi connectivity index (χ0n) is 13.0. The Balaban J connectivity index is 1.60. The molecule has 0 saturated heterocycles. The Bertz CT molecular complexity index is 882. The molecule has 0 fully saturated rings. The van der Waals surface area contributed by atoms with E-state index < -0.39 is 0 Å². The van der Waals surface area contributed by atoms with Crippen LogP contribution >= 0.6 is 0 Å². The van der Waals surface area contributed by atoms with Crippen molar-refractivity contribution in [2.45, 2.75) is 12.8 Å². The third-order valence-corrected chi connectivity index (χ3v) is 4.50. The van der Waals surface area contributed by atoms with Gasteiger partial charge in [-0.3, -0.25) is 4.79 Å². The fourth-order valence-electron chi connectivity index (χ4n) is 3.29. The van der Waals surface area contributed by atoms with Gasteiger partial charge in [-0.25, -0.2) is 0 Å². The van der Waals surface area contributed by atoms with Crippen molar-refractivity contribution in [2.75, 3.05) is 18.6 Å². The second-order valence-electron chi connectivity index (χ2n) is 5.83. The second kappa shape index (κ2) is 5.47. The quantitative estimate of drug-likeness (QED) is 0.807. The first-order valence-electron chi connectivity index (χ1n) is 7.78. The number of anilines is 1. The van der Waals surface area contributed by atoms with Crippen LogP contribution in [0.1, 0.15) is 11.1 Å². The van der Waals surface area contributed by atoms with Crippen LogP contribution in [0.25, 0.3) is 10.9 Å². The van der Waals surface area contributed by atoms with Crippen LogP contribution in [-0.2, 0) is 17.6 Å². The van der Waals surface area contributed by atoms with Gasteiger partial charge in [0.15, 0.2) is 0 Å². The molecule has 0 spiro atoms. The lowest BCUT2D eigenvalue weighted by molar-refractivity contribution is -0.117. The van der Waals surface area contributed by atoms with Crippen LogP contribution in [0.2, 0.25) is 0 Å². The van der Waals surface area contributed by atoms with Crippen molar-refractivity contribution in [3.63, 3.8) is 0 Å². The van der Waals surface area contributed by atoms with Crippen molar-refractivity contribution in [1.29, 1.82) is 0 Å². The van der Waals surface area contributed by atoms with Gasteiger partial charge in [0.1, 0.15) is 5.75 Å². The monoisotopic (exact) mass is 306 g/mol. The van der Waals surface area contributed by atoms with Gasteiger partial charge in [0, 0.05) is 35.4 Å². The number of H-pyrrole nitrogens is 1. The lowest BCUT2D eigenvalue weighted by Crippen LogP contribution is -2.30. The van der Waals surface area contributed by atoms with Crippen LogP contribution in [0, 0.1) is 0 Å². The zero-order chi connectivity index (χ0) is 15.8. The highest BCUT2D eigenvalue weighted by Gasteiger charge is 2.24. The van der Waals surface area contributed by atoms with Crippen LogP contribution in [0.3, 0.4) is 0 Å². The summed E-state index contributed by atoms with van der Waals surface area (Å²) < 4.78 is 5.24. The van der Waals surface area contributed by atoms with Crippen LogP contribution in [0.5, 0.6) is 5.75 Å². The highest BCUT2D eigenvalue weighted by atomic mass is 16.5. The Morgan fingerprint density at radius 3 is 3.00 bits per heavy atom. The number of para-hydroxylation sites is 1. The van der Waals surface area contributed by atoms with Gasteiger partial charge >= 0.3 is 0 Å². The molecular weight excluding hydrogens is 288 g/mol. The minimum Gasteiger partial charge on any atom is -0.497 e. The number of hydrogen-bond acceptors (Lipinski definition) is 2. The number of methoxy groups -OCH3 is 1. The van der Waals surface area contributed by atoms with Crippen molar-refractivity contribution >= 4 is 22.5 Å². The molecule has 2 heterocycles. The van der Waals surface area contributed by atoms with Crippen molar-refractivity contribution < 1.29 is 9.53 Å². The van der Waals surface area contributed by atoms with E-state index in [-0.39, 0.29) is 5.91 Å². The molecule has 2 aromatic carbocycles. The molecule has 0 radical (unpaired) electrons. The highest BCUT2D eigenvalue weighted by Crippen LogP contribution is 2.29. The Hall–Kier alpha value is -2.75. The Morgan fingerprint density at radius 1 is 1.26 bits per heavy atom. The number of carbonyl (C=O) groups is 1. The predicted octanol–water partition coefficient (Wildman–Crippen LogP) is 3.31. The van der Waals surface area contributed by atoms with Crippen molar-refractivity contribution in [3.8, 4) is 5.75 Å². The molecule has 0 bridgehead atoms. The van der Waals surface area contributed by atoms with E-state index in [9.17, 15) is 4.79 Å². The van der Waals surface area contributed by atoms with Gasteiger partial charge in [0.25, 0.3) is 0 Å². The van der Waals surface area contributed by atoms with E-state index in [1.54, 1.807) is 7.11 Å². The maximum atomic E-state index is 12.7. The highest BCUT2D eigenvalue weighted by molar-refractivity contribution is 5.99. The fraction of sp³-hybridized carbons (Fsp3) is 0.211. The third-order valence-electron chi connectivity index (χ3n) is 4.50. The van der Waals surface area contributed by atoms with Crippen LogP contribution in [-0.4, -0.2) is 24.5 Å². The molecule has 1 aliphatic rings. The summed E-state index contributed by atoms with van der Waals surface area (Å²) in [6.45, 7) is 0.772. The average molecular weight is 306 g/mol. The predicted molar refractivity (Wildman–Crippen MR) is 91.1 cm³/mol. The molecule has 4 heteroatoms. The number of amides is 1. The molecular formula is C19H18N2O2. The van der Waals surface area contributed by atoms with E-state index in [4.69, 9.17) is 4.74 Å². The minimum absolute atomic E-state index is 0.145. The number of rotatable bonds is 3. The molecule has 1 aromatic heterocycles. The molecule has 4 rings (SSSR count). The minimum atomic E-state index is 0.145. The van der Waals surface area contributed by atoms with Gasteiger partial charge in [-0.1, -0.05) is 18.2 Å². The summed E-state index contributed by atoms with van der Waals surface area (Å²) in [6.07, 6.45) is 3.26. The number of carbonyl (C=O) groups excluding carboxylic acids is 1. The lowest BCUT2D eigenvalue weighted by Gasteiger charge is -2.17. The molecule has 1 N–H and O–H groups in total. The van der Waals surface area contributed by atoms with Gasteiger partial charge in [-0.15, -0.1) is 0 Å². The summed E-state index contributed by atoms with van der Waals surface area (Å²) >= 11 is 0. The number of benzene rings is 2. The van der Waals surface area contributed by atoms with E-state index in [1.165, 1.54) is 5.56 Å². The lowest BCUT2D eigenvalue weighted by atomic mass is 10.1. The Kier molecular flexibility index (Phi) is 3.30. The van der Waals surface area contributed by atoms with Gasteiger partial charge in [-0.2, -0.15) is 0 Å². The van der Waals surface area contributed by atoms with Crippen molar-refractivity contribution in [3.05, 3.63) is 59.8 Å². The van der Waals surface area contributed by atoms with Crippen molar-refractivity contribution in [2.24, 2.45) is 0 Å². The summed E-state index contributed by atoms with van der Waals surface area (Å²) in [5, 5.41) is 1.08. The number of aromatic nitrogens is 1. The smallest absolute Gasteiger partial charge is 0.231 e. The Labute approximate surface area is 134 Å². The number of nitrogens with one attached hydrogen (secondary N) is 1. The molecule has 0 aliphatic carbocycles. The van der Waals surface area contributed by atoms with E-state index in [0.29, 0.717) is 6.42 Å². The first-order chi connectivity index (χ1) is 11.3. The molecule has 3 aromatic rings. The third kappa shape index (κ3) is 2.36. The number of ether oxygens (including phenoxy) is 1. The summed E-state index contributed by atoms with van der Waals surface area (Å²) in [4.78, 5) is 17.9. The standard InChI is InChI=1S/C19H18N2O2/c1-23-15-6-7-16-14(12-20-17(16)11-15)10-19(22)21-9-8-13-4-2-3-5-18(13)21/h2-7,11-12,20H,8-10H2,1H3. The van der Waals surface area contributed by atoms with Gasteiger partial charge in [0.05, 0.1) is 13.5 Å². The number of fused-ring (bicyclic) bond motifs is 2. The van der Waals surface area contributed by atoms with E-state index in [2.05, 4.69) is 11.1 Å². The molecule has 0 unspecified atom stereocenters. The zero-order valence-corrected chi connectivity index (χ0v) is 13.0. The maximum Gasteiger partial charge on any atom is 0.231 e. The van der Waals surface area contributed by atoms with Crippen molar-refractivity contribution in [1.82, 2.24) is 4.98 Å². The summed E-state index contributed by atoms with van der Waals surface area (Å²) in [6, 6.07) is 14.0. The molecule has 23 heavy (non-hydrogen) atoms. The van der Waals surface area contributed by atoms with E-state index in [1.807, 2.05) is 47.5 Å². The topological polar surface area (TPSA) is 45.3 Å². The second-order valence-corrected chi connectivity index (χ2v) is 5.83. The first kappa shape index (κ1) is 13.9. The molecule has 116 valence electrons.